The number of hydrogen-bond donors (Lipinski definition) is 1. The van der Waals surface area contributed by atoms with E-state index in [2.05, 4.69) is 0 Å². The second-order valence-electron chi connectivity index (χ2n) is 4.79. The highest BCUT2D eigenvalue weighted by atomic mass is 16.3. The van der Waals surface area contributed by atoms with E-state index in [0.717, 1.165) is 36.6 Å². The first-order chi connectivity index (χ1) is 7.74. The summed E-state index contributed by atoms with van der Waals surface area (Å²) < 4.78 is 0. The molecule has 0 bridgehead atoms. The van der Waals surface area contributed by atoms with E-state index in [-0.39, 0.29) is 11.7 Å². The lowest BCUT2D eigenvalue weighted by Crippen LogP contribution is -2.38. The van der Waals surface area contributed by atoms with Gasteiger partial charge < -0.3 is 10.0 Å². The molecule has 3 rings (SSSR count). The fraction of sp³-hybridized carbons (Fsp3) is 0.462. The van der Waals surface area contributed by atoms with Crippen molar-refractivity contribution in [3.63, 3.8) is 0 Å². The van der Waals surface area contributed by atoms with Gasteiger partial charge in [0.05, 0.1) is 0 Å². The SMILES string of the molecule is O=C1c2ccc(O)cc2CCN1CC1CC1. The highest BCUT2D eigenvalue weighted by molar-refractivity contribution is 5.96. The number of carbonyl (C=O) groups is 1. The van der Waals surface area contributed by atoms with Crippen LogP contribution < -0.4 is 0 Å². The minimum Gasteiger partial charge on any atom is -0.508 e. The Hall–Kier alpha value is -1.51. The average Bonchev–Trinajstić information content (AvgIpc) is 3.06. The van der Waals surface area contributed by atoms with Gasteiger partial charge in [-0.05, 0) is 48.9 Å². The number of hydrogen-bond acceptors (Lipinski definition) is 2. The van der Waals surface area contributed by atoms with Crippen molar-refractivity contribution in [1.29, 1.82) is 0 Å². The lowest BCUT2D eigenvalue weighted by Gasteiger charge is -2.28. The molecule has 1 saturated carbocycles. The fourth-order valence-electron chi connectivity index (χ4n) is 2.31. The molecule has 1 aliphatic carbocycles. The van der Waals surface area contributed by atoms with Crippen LogP contribution >= 0.6 is 0 Å². The molecule has 3 nitrogen and oxygen atoms in total. The highest BCUT2D eigenvalue weighted by Crippen LogP contribution is 2.32. The number of fused-ring (bicyclic) bond motifs is 1. The van der Waals surface area contributed by atoms with E-state index in [1.54, 1.807) is 18.2 Å². The van der Waals surface area contributed by atoms with E-state index in [4.69, 9.17) is 0 Å². The zero-order chi connectivity index (χ0) is 11.1. The van der Waals surface area contributed by atoms with E-state index in [0.29, 0.717) is 0 Å². The first-order valence-corrected chi connectivity index (χ1v) is 5.85. The molecule has 0 aromatic heterocycles. The molecule has 1 amide bonds. The van der Waals surface area contributed by atoms with Crippen molar-refractivity contribution >= 4 is 5.91 Å². The molecule has 1 fully saturated rings. The summed E-state index contributed by atoms with van der Waals surface area (Å²) in [5.74, 6) is 1.12. The van der Waals surface area contributed by atoms with Gasteiger partial charge in [-0.3, -0.25) is 4.79 Å². The van der Waals surface area contributed by atoms with E-state index < -0.39 is 0 Å². The van der Waals surface area contributed by atoms with Gasteiger partial charge in [0.2, 0.25) is 0 Å². The van der Waals surface area contributed by atoms with E-state index in [1.807, 2.05) is 4.90 Å². The van der Waals surface area contributed by atoms with Crippen LogP contribution in [0.15, 0.2) is 18.2 Å². The minimum atomic E-state index is 0.133. The van der Waals surface area contributed by atoms with Gasteiger partial charge in [-0.1, -0.05) is 0 Å². The van der Waals surface area contributed by atoms with Gasteiger partial charge >= 0.3 is 0 Å². The molecular weight excluding hydrogens is 202 g/mol. The third-order valence-electron chi connectivity index (χ3n) is 3.43. The maximum Gasteiger partial charge on any atom is 0.254 e. The molecule has 0 radical (unpaired) electrons. The third kappa shape index (κ3) is 1.66. The van der Waals surface area contributed by atoms with Crippen LogP contribution in [0, 0.1) is 5.92 Å². The Morgan fingerprint density at radius 1 is 1.38 bits per heavy atom. The van der Waals surface area contributed by atoms with Crippen LogP contribution in [0.4, 0.5) is 0 Å². The first-order valence-electron chi connectivity index (χ1n) is 5.85. The molecule has 0 saturated heterocycles. The summed E-state index contributed by atoms with van der Waals surface area (Å²) in [4.78, 5) is 14.1. The van der Waals surface area contributed by atoms with Crippen molar-refractivity contribution in [2.75, 3.05) is 13.1 Å². The number of aromatic hydroxyl groups is 1. The van der Waals surface area contributed by atoms with E-state index in [9.17, 15) is 9.90 Å². The van der Waals surface area contributed by atoms with Crippen LogP contribution in [0.3, 0.4) is 0 Å². The number of phenols is 1. The number of amides is 1. The van der Waals surface area contributed by atoms with Crippen LogP contribution in [0.2, 0.25) is 0 Å². The van der Waals surface area contributed by atoms with Crippen LogP contribution in [0.5, 0.6) is 5.75 Å². The van der Waals surface area contributed by atoms with E-state index >= 15 is 0 Å². The largest absolute Gasteiger partial charge is 0.508 e. The molecule has 16 heavy (non-hydrogen) atoms. The van der Waals surface area contributed by atoms with Crippen molar-refractivity contribution in [2.24, 2.45) is 5.92 Å². The molecule has 1 aliphatic heterocycles. The predicted octanol–water partition coefficient (Wildman–Crippen LogP) is 1.80. The first kappa shape index (κ1) is 9.70. The topological polar surface area (TPSA) is 40.5 Å². The molecule has 1 heterocycles. The smallest absolute Gasteiger partial charge is 0.254 e. The summed E-state index contributed by atoms with van der Waals surface area (Å²) in [5, 5.41) is 9.37. The predicted molar refractivity (Wildman–Crippen MR) is 60.4 cm³/mol. The number of nitrogens with zero attached hydrogens (tertiary/aromatic N) is 1. The molecular formula is C13H15NO2. The highest BCUT2D eigenvalue weighted by Gasteiger charge is 2.30. The standard InChI is InChI=1S/C13H15NO2/c15-11-3-4-12-10(7-11)5-6-14(13(12)16)8-9-1-2-9/h3-4,7,9,15H,1-2,5-6,8H2. The van der Waals surface area contributed by atoms with E-state index in [1.165, 1.54) is 12.8 Å². The number of phenolic OH excluding ortho intramolecular Hbond substituents is 1. The second kappa shape index (κ2) is 3.51. The normalized spacial score (nSPS) is 19.8. The molecule has 1 aromatic rings. The monoisotopic (exact) mass is 217 g/mol. The van der Waals surface area contributed by atoms with Crippen molar-refractivity contribution in [3.05, 3.63) is 29.3 Å². The number of rotatable bonds is 2. The summed E-state index contributed by atoms with van der Waals surface area (Å²) in [7, 11) is 0. The van der Waals surface area contributed by atoms with Gasteiger partial charge in [0.1, 0.15) is 5.75 Å². The number of benzene rings is 1. The lowest BCUT2D eigenvalue weighted by molar-refractivity contribution is 0.0731. The molecule has 0 spiro atoms. The average molecular weight is 217 g/mol. The maximum atomic E-state index is 12.1. The Labute approximate surface area is 94.7 Å². The molecule has 0 unspecified atom stereocenters. The van der Waals surface area contributed by atoms with Crippen LogP contribution in [-0.4, -0.2) is 29.0 Å². The second-order valence-corrected chi connectivity index (χ2v) is 4.79. The molecule has 3 heteroatoms. The van der Waals surface area contributed by atoms with Crippen LogP contribution in [-0.2, 0) is 6.42 Å². The van der Waals surface area contributed by atoms with Gasteiger partial charge in [-0.15, -0.1) is 0 Å². The van der Waals surface area contributed by atoms with Gasteiger partial charge in [0.15, 0.2) is 0 Å². The summed E-state index contributed by atoms with van der Waals surface area (Å²) in [6.07, 6.45) is 3.40. The summed E-state index contributed by atoms with van der Waals surface area (Å²) in [6.45, 7) is 1.71. The van der Waals surface area contributed by atoms with Gasteiger partial charge in [0, 0.05) is 18.7 Å². The quantitative estimate of drug-likeness (QED) is 0.820. The Kier molecular flexibility index (Phi) is 2.13. The lowest BCUT2D eigenvalue weighted by atomic mass is 9.98. The van der Waals surface area contributed by atoms with Gasteiger partial charge in [-0.2, -0.15) is 0 Å². The Balaban J connectivity index is 1.86. The molecule has 2 aliphatic rings. The Morgan fingerprint density at radius 2 is 2.19 bits per heavy atom. The van der Waals surface area contributed by atoms with Crippen LogP contribution in [0.25, 0.3) is 0 Å². The fourth-order valence-corrected chi connectivity index (χ4v) is 2.31. The Bertz CT molecular complexity index is 438. The van der Waals surface area contributed by atoms with Gasteiger partial charge in [0.25, 0.3) is 5.91 Å². The summed E-state index contributed by atoms with van der Waals surface area (Å²) >= 11 is 0. The van der Waals surface area contributed by atoms with Crippen molar-refractivity contribution in [2.45, 2.75) is 19.3 Å². The molecule has 84 valence electrons. The third-order valence-corrected chi connectivity index (χ3v) is 3.43. The van der Waals surface area contributed by atoms with Crippen molar-refractivity contribution in [3.8, 4) is 5.75 Å². The summed E-state index contributed by atoms with van der Waals surface area (Å²) in [6, 6.07) is 5.05. The molecule has 0 atom stereocenters. The molecule has 1 N–H and O–H groups in total. The van der Waals surface area contributed by atoms with Crippen molar-refractivity contribution in [1.82, 2.24) is 4.90 Å². The van der Waals surface area contributed by atoms with Crippen LogP contribution in [0.1, 0.15) is 28.8 Å². The zero-order valence-corrected chi connectivity index (χ0v) is 9.15. The summed E-state index contributed by atoms with van der Waals surface area (Å²) in [5.41, 5.74) is 1.75. The molecule has 1 aromatic carbocycles. The minimum absolute atomic E-state index is 0.133. The van der Waals surface area contributed by atoms with Crippen molar-refractivity contribution < 1.29 is 9.90 Å². The zero-order valence-electron chi connectivity index (χ0n) is 9.15. The maximum absolute atomic E-state index is 12.1. The Morgan fingerprint density at radius 3 is 2.94 bits per heavy atom. The number of carbonyl (C=O) groups excluding carboxylic acids is 1. The van der Waals surface area contributed by atoms with Gasteiger partial charge in [-0.25, -0.2) is 0 Å².